The summed E-state index contributed by atoms with van der Waals surface area (Å²) in [6.45, 7) is 0. The van der Waals surface area contributed by atoms with Gasteiger partial charge >= 0.3 is 11.9 Å². The first-order valence-corrected chi connectivity index (χ1v) is 5.20. The van der Waals surface area contributed by atoms with Crippen LogP contribution in [0.25, 0.3) is 0 Å². The number of hydrogen-bond acceptors (Lipinski definition) is 4. The molecule has 0 atom stereocenters. The van der Waals surface area contributed by atoms with E-state index < -0.39 is 11.9 Å². The number of nitrogens with zero attached hydrogens (tertiary/aromatic N) is 1. The lowest BCUT2D eigenvalue weighted by Gasteiger charge is -2.01. The molecule has 1 aromatic carbocycles. The second kappa shape index (κ2) is 4.89. The smallest absolute Gasteiger partial charge is 0.361 e. The van der Waals surface area contributed by atoms with Gasteiger partial charge < -0.3 is 9.84 Å². The topological polar surface area (TPSA) is 92.3 Å². The third kappa shape index (κ3) is 2.67. The number of carboxylic acid groups (broad SMARTS) is 1. The van der Waals surface area contributed by atoms with Crippen molar-refractivity contribution in [2.75, 3.05) is 0 Å². The molecule has 1 heterocycles. The maximum Gasteiger partial charge on any atom is 0.361 e. The number of benzene rings is 1. The van der Waals surface area contributed by atoms with Crippen LogP contribution >= 0.6 is 11.6 Å². The predicted molar refractivity (Wildman–Crippen MR) is 62.0 cm³/mol. The Hall–Kier alpha value is -2.34. The third-order valence-corrected chi connectivity index (χ3v) is 2.29. The molecule has 2 rings (SSSR count). The lowest BCUT2D eigenvalue weighted by molar-refractivity contribution is 0.0689. The molecule has 0 amide bonds. The van der Waals surface area contributed by atoms with E-state index in [1.54, 1.807) is 12.1 Å². The number of carboxylic acids is 1. The van der Waals surface area contributed by atoms with Gasteiger partial charge in [0.2, 0.25) is 0 Å². The quantitative estimate of drug-likeness (QED) is 0.654. The Morgan fingerprint density at radius 2 is 1.94 bits per heavy atom. The van der Waals surface area contributed by atoms with Crippen LogP contribution in [0.4, 0.5) is 0 Å². The molecular formula is C11H7ClN2O4. The zero-order chi connectivity index (χ0) is 13.1. The molecule has 0 bridgehead atoms. The summed E-state index contributed by atoms with van der Waals surface area (Å²) < 4.78 is 4.99. The summed E-state index contributed by atoms with van der Waals surface area (Å²) in [6.07, 6.45) is 0. The third-order valence-electron chi connectivity index (χ3n) is 2.04. The van der Waals surface area contributed by atoms with Crippen molar-refractivity contribution in [1.29, 1.82) is 0 Å². The number of H-pyrrole nitrogens is 1. The van der Waals surface area contributed by atoms with Gasteiger partial charge in [-0.15, -0.1) is 0 Å². The van der Waals surface area contributed by atoms with Crippen molar-refractivity contribution in [3.8, 4) is 5.75 Å². The monoisotopic (exact) mass is 266 g/mol. The first-order chi connectivity index (χ1) is 8.56. The Bertz CT molecular complexity index is 591. The summed E-state index contributed by atoms with van der Waals surface area (Å²) >= 11 is 5.68. The molecule has 0 aliphatic rings. The fraction of sp³-hybridized carbons (Fsp3) is 0. The number of aromatic nitrogens is 2. The lowest BCUT2D eigenvalue weighted by atomic mass is 10.3. The molecule has 6 nitrogen and oxygen atoms in total. The average Bonchev–Trinajstić information content (AvgIpc) is 2.81. The molecule has 7 heteroatoms. The van der Waals surface area contributed by atoms with Gasteiger partial charge in [0.05, 0.1) is 0 Å². The number of halogens is 1. The van der Waals surface area contributed by atoms with Crippen LogP contribution in [0.2, 0.25) is 5.02 Å². The number of ether oxygens (including phenoxy) is 1. The zero-order valence-electron chi connectivity index (χ0n) is 8.88. The van der Waals surface area contributed by atoms with Crippen LogP contribution < -0.4 is 4.74 Å². The summed E-state index contributed by atoms with van der Waals surface area (Å²) in [7, 11) is 0. The van der Waals surface area contributed by atoms with E-state index in [-0.39, 0.29) is 11.4 Å². The van der Waals surface area contributed by atoms with Crippen molar-refractivity contribution in [3.05, 3.63) is 46.7 Å². The summed E-state index contributed by atoms with van der Waals surface area (Å²) in [5.41, 5.74) is -0.291. The Balaban J connectivity index is 2.11. The van der Waals surface area contributed by atoms with E-state index in [4.69, 9.17) is 21.4 Å². The molecule has 0 saturated heterocycles. The number of esters is 1. The zero-order valence-corrected chi connectivity index (χ0v) is 9.64. The molecule has 0 radical (unpaired) electrons. The molecular weight excluding hydrogens is 260 g/mol. The summed E-state index contributed by atoms with van der Waals surface area (Å²) in [6, 6.07) is 7.28. The van der Waals surface area contributed by atoms with Crippen LogP contribution in [0.15, 0.2) is 30.3 Å². The second-order valence-corrected chi connectivity index (χ2v) is 3.75. The average molecular weight is 267 g/mol. The van der Waals surface area contributed by atoms with Crippen LogP contribution in [0.1, 0.15) is 21.0 Å². The minimum absolute atomic E-state index is 0.0395. The summed E-state index contributed by atoms with van der Waals surface area (Å²) in [4.78, 5) is 22.2. The Morgan fingerprint density at radius 1 is 1.28 bits per heavy atom. The number of hydrogen-bond donors (Lipinski definition) is 2. The SMILES string of the molecule is O=C(O)c1cc(C(=O)Oc2ccc(Cl)cc2)[nH]n1. The highest BCUT2D eigenvalue weighted by atomic mass is 35.5. The molecule has 18 heavy (non-hydrogen) atoms. The molecule has 0 unspecified atom stereocenters. The van der Waals surface area contributed by atoms with Crippen molar-refractivity contribution in [1.82, 2.24) is 10.2 Å². The van der Waals surface area contributed by atoms with E-state index in [2.05, 4.69) is 10.2 Å². The van der Waals surface area contributed by atoms with E-state index in [1.807, 2.05) is 0 Å². The Kier molecular flexibility index (Phi) is 3.29. The Morgan fingerprint density at radius 3 is 2.50 bits per heavy atom. The minimum Gasteiger partial charge on any atom is -0.476 e. The number of carbonyl (C=O) groups excluding carboxylic acids is 1. The predicted octanol–water partition coefficient (Wildman–Crippen LogP) is 1.98. The van der Waals surface area contributed by atoms with Gasteiger partial charge in [0.15, 0.2) is 5.69 Å². The van der Waals surface area contributed by atoms with Crippen LogP contribution in [0, 0.1) is 0 Å². The van der Waals surface area contributed by atoms with Gasteiger partial charge in [-0.1, -0.05) is 11.6 Å². The highest BCUT2D eigenvalue weighted by Crippen LogP contribution is 2.16. The van der Waals surface area contributed by atoms with Crippen molar-refractivity contribution in [3.63, 3.8) is 0 Å². The number of carbonyl (C=O) groups is 2. The van der Waals surface area contributed by atoms with Gasteiger partial charge in [-0.05, 0) is 24.3 Å². The second-order valence-electron chi connectivity index (χ2n) is 3.32. The van der Waals surface area contributed by atoms with E-state index in [9.17, 15) is 9.59 Å². The number of aromatic amines is 1. The molecule has 2 aromatic rings. The number of nitrogens with one attached hydrogen (secondary N) is 1. The van der Waals surface area contributed by atoms with Gasteiger partial charge in [-0.2, -0.15) is 5.10 Å². The number of rotatable bonds is 3. The molecule has 2 N–H and O–H groups in total. The first-order valence-electron chi connectivity index (χ1n) is 4.83. The maximum atomic E-state index is 11.6. The molecule has 92 valence electrons. The normalized spacial score (nSPS) is 10.1. The Labute approximate surface area is 106 Å². The highest BCUT2D eigenvalue weighted by Gasteiger charge is 2.15. The van der Waals surface area contributed by atoms with E-state index in [1.165, 1.54) is 12.1 Å². The van der Waals surface area contributed by atoms with Crippen LogP contribution in [0.5, 0.6) is 5.75 Å². The van der Waals surface area contributed by atoms with E-state index in [0.717, 1.165) is 6.07 Å². The van der Waals surface area contributed by atoms with Crippen LogP contribution in [0.3, 0.4) is 0 Å². The number of aromatic carboxylic acids is 1. The summed E-state index contributed by atoms with van der Waals surface area (Å²) in [5, 5.41) is 14.9. The van der Waals surface area contributed by atoms with E-state index >= 15 is 0 Å². The maximum absolute atomic E-state index is 11.6. The van der Waals surface area contributed by atoms with Crippen molar-refractivity contribution < 1.29 is 19.4 Å². The standard InChI is InChI=1S/C11H7ClN2O4/c12-6-1-3-7(4-2-6)18-11(17)9-5-8(10(15)16)13-14-9/h1-5H,(H,13,14)(H,15,16). The van der Waals surface area contributed by atoms with Crippen molar-refractivity contribution in [2.24, 2.45) is 0 Å². The van der Waals surface area contributed by atoms with E-state index in [0.29, 0.717) is 10.8 Å². The minimum atomic E-state index is -1.23. The van der Waals surface area contributed by atoms with Crippen LogP contribution in [-0.2, 0) is 0 Å². The molecule has 0 saturated carbocycles. The first kappa shape index (κ1) is 12.1. The largest absolute Gasteiger partial charge is 0.476 e. The molecule has 0 spiro atoms. The molecule has 0 aliphatic heterocycles. The summed E-state index contributed by atoms with van der Waals surface area (Å²) in [5.74, 6) is -1.65. The van der Waals surface area contributed by atoms with Gasteiger partial charge in [0, 0.05) is 11.1 Å². The lowest BCUT2D eigenvalue weighted by Crippen LogP contribution is -2.08. The highest BCUT2D eigenvalue weighted by molar-refractivity contribution is 6.30. The van der Waals surface area contributed by atoms with Gasteiger partial charge in [0.25, 0.3) is 0 Å². The molecule has 0 fully saturated rings. The van der Waals surface area contributed by atoms with Gasteiger partial charge in [0.1, 0.15) is 11.4 Å². The van der Waals surface area contributed by atoms with Crippen molar-refractivity contribution >= 4 is 23.5 Å². The van der Waals surface area contributed by atoms with Gasteiger partial charge in [-0.3, -0.25) is 5.10 Å². The molecule has 0 aliphatic carbocycles. The fourth-order valence-corrected chi connectivity index (χ4v) is 1.33. The molecule has 1 aromatic heterocycles. The van der Waals surface area contributed by atoms with Crippen LogP contribution in [-0.4, -0.2) is 27.2 Å². The van der Waals surface area contributed by atoms with Gasteiger partial charge in [-0.25, -0.2) is 9.59 Å². The fourth-order valence-electron chi connectivity index (χ4n) is 1.20. The van der Waals surface area contributed by atoms with Crippen molar-refractivity contribution in [2.45, 2.75) is 0 Å².